The van der Waals surface area contributed by atoms with Gasteiger partial charge in [-0.15, -0.1) is 0 Å². The van der Waals surface area contributed by atoms with E-state index in [-0.39, 0.29) is 24.4 Å². The second-order valence-corrected chi connectivity index (χ2v) is 7.37. The van der Waals surface area contributed by atoms with Crippen molar-refractivity contribution in [2.45, 2.75) is 45.6 Å². The van der Waals surface area contributed by atoms with E-state index in [0.717, 1.165) is 30.9 Å². The highest BCUT2D eigenvalue weighted by Crippen LogP contribution is 2.22. The summed E-state index contributed by atoms with van der Waals surface area (Å²) in [6.07, 6.45) is 4.29. The Bertz CT molecular complexity index is 625. The molecule has 1 atom stereocenters. The van der Waals surface area contributed by atoms with Gasteiger partial charge in [-0.2, -0.15) is 0 Å². The van der Waals surface area contributed by atoms with Gasteiger partial charge in [0.2, 0.25) is 11.8 Å². The average molecular weight is 343 g/mol. The normalized spacial score (nSPS) is 22.3. The van der Waals surface area contributed by atoms with E-state index < -0.39 is 0 Å². The average Bonchev–Trinajstić information content (AvgIpc) is 2.62. The maximum absolute atomic E-state index is 12.6. The summed E-state index contributed by atoms with van der Waals surface area (Å²) in [5, 5.41) is 0. The number of carbonyl (C=O) groups excluding carboxylic acids is 2. The van der Waals surface area contributed by atoms with Crippen molar-refractivity contribution in [1.29, 1.82) is 0 Å². The van der Waals surface area contributed by atoms with E-state index >= 15 is 0 Å². The highest BCUT2D eigenvalue weighted by atomic mass is 16.2. The summed E-state index contributed by atoms with van der Waals surface area (Å²) in [5.41, 5.74) is 2.07. The Balaban J connectivity index is 1.57. The predicted molar refractivity (Wildman–Crippen MR) is 99.6 cm³/mol. The Kier molecular flexibility index (Phi) is 5.74. The van der Waals surface area contributed by atoms with E-state index in [9.17, 15) is 9.59 Å². The first-order valence-electron chi connectivity index (χ1n) is 9.43. The van der Waals surface area contributed by atoms with Gasteiger partial charge >= 0.3 is 0 Å². The zero-order valence-electron chi connectivity index (χ0n) is 15.4. The van der Waals surface area contributed by atoms with Crippen LogP contribution in [0.5, 0.6) is 0 Å². The van der Waals surface area contributed by atoms with Gasteiger partial charge in [0.15, 0.2) is 0 Å². The summed E-state index contributed by atoms with van der Waals surface area (Å²) in [5.74, 6) is 0.116. The number of benzene rings is 1. The number of hydrogen-bond acceptors (Lipinski definition) is 3. The van der Waals surface area contributed by atoms with Gasteiger partial charge in [-0.25, -0.2) is 0 Å². The number of likely N-dealkylation sites (tertiary alicyclic amines) is 1. The Morgan fingerprint density at radius 3 is 2.68 bits per heavy atom. The van der Waals surface area contributed by atoms with Gasteiger partial charge in [-0.05, 0) is 57.5 Å². The van der Waals surface area contributed by atoms with Crippen molar-refractivity contribution < 1.29 is 9.59 Å². The smallest absolute Gasteiger partial charge is 0.246 e. The Morgan fingerprint density at radius 1 is 1.20 bits per heavy atom. The minimum Gasteiger partial charge on any atom is -0.329 e. The molecule has 2 amide bonds. The Morgan fingerprint density at radius 2 is 1.96 bits per heavy atom. The van der Waals surface area contributed by atoms with Crippen LogP contribution in [-0.4, -0.2) is 60.4 Å². The first kappa shape index (κ1) is 17.9. The summed E-state index contributed by atoms with van der Waals surface area (Å²) in [6, 6.07) is 8.03. The molecule has 0 bridgehead atoms. The molecule has 0 saturated carbocycles. The van der Waals surface area contributed by atoms with E-state index in [1.165, 1.54) is 19.3 Å². The molecule has 1 aromatic carbocycles. The molecule has 2 heterocycles. The van der Waals surface area contributed by atoms with Gasteiger partial charge in [0.1, 0.15) is 6.54 Å². The van der Waals surface area contributed by atoms with Crippen LogP contribution in [0.4, 0.5) is 5.69 Å². The third-order valence-electron chi connectivity index (χ3n) is 5.31. The fourth-order valence-electron chi connectivity index (χ4n) is 3.81. The van der Waals surface area contributed by atoms with Crippen molar-refractivity contribution in [2.75, 3.05) is 37.6 Å². The second-order valence-electron chi connectivity index (χ2n) is 7.37. The number of piperidine rings is 1. The lowest BCUT2D eigenvalue weighted by molar-refractivity contribution is -0.139. The zero-order valence-corrected chi connectivity index (χ0v) is 15.4. The summed E-state index contributed by atoms with van der Waals surface area (Å²) < 4.78 is 0. The summed E-state index contributed by atoms with van der Waals surface area (Å²) in [4.78, 5) is 31.2. The van der Waals surface area contributed by atoms with E-state index in [4.69, 9.17) is 0 Å². The second kappa shape index (κ2) is 8.00. The van der Waals surface area contributed by atoms with Crippen LogP contribution in [0.25, 0.3) is 0 Å². The number of carbonyl (C=O) groups is 2. The highest BCUT2D eigenvalue weighted by molar-refractivity contribution is 5.98. The molecular formula is C20H29N3O2. The predicted octanol–water partition coefficient (Wildman–Crippen LogP) is 2.43. The molecular weight excluding hydrogens is 314 g/mol. The van der Waals surface area contributed by atoms with Crippen molar-refractivity contribution >= 4 is 17.5 Å². The van der Waals surface area contributed by atoms with Crippen LogP contribution >= 0.6 is 0 Å². The van der Waals surface area contributed by atoms with Crippen molar-refractivity contribution in [3.8, 4) is 0 Å². The summed E-state index contributed by atoms with van der Waals surface area (Å²) >= 11 is 0. The molecule has 5 heteroatoms. The first-order valence-corrected chi connectivity index (χ1v) is 9.43. The van der Waals surface area contributed by atoms with Crippen molar-refractivity contribution in [3.05, 3.63) is 29.8 Å². The van der Waals surface area contributed by atoms with Crippen molar-refractivity contribution in [1.82, 2.24) is 9.80 Å². The van der Waals surface area contributed by atoms with Crippen LogP contribution in [0.15, 0.2) is 24.3 Å². The first-order chi connectivity index (χ1) is 12.0. The summed E-state index contributed by atoms with van der Waals surface area (Å²) in [6.45, 7) is 7.83. The van der Waals surface area contributed by atoms with E-state index in [1.807, 2.05) is 43.0 Å². The maximum Gasteiger partial charge on any atom is 0.246 e. The van der Waals surface area contributed by atoms with Gasteiger partial charge in [-0.1, -0.05) is 18.6 Å². The number of amides is 2. The lowest BCUT2D eigenvalue weighted by Crippen LogP contribution is -2.57. The lowest BCUT2D eigenvalue weighted by atomic mass is 10.1. The highest BCUT2D eigenvalue weighted by Gasteiger charge is 2.33. The molecule has 3 rings (SSSR count). The van der Waals surface area contributed by atoms with E-state index in [1.54, 1.807) is 4.90 Å². The molecule has 5 nitrogen and oxygen atoms in total. The van der Waals surface area contributed by atoms with Gasteiger partial charge in [0.25, 0.3) is 0 Å². The molecule has 0 unspecified atom stereocenters. The number of anilines is 1. The fourth-order valence-corrected chi connectivity index (χ4v) is 3.81. The number of nitrogens with zero attached hydrogens (tertiary/aromatic N) is 3. The molecule has 0 aromatic heterocycles. The number of aryl methyl sites for hydroxylation is 1. The van der Waals surface area contributed by atoms with Crippen LogP contribution in [-0.2, 0) is 9.59 Å². The third-order valence-corrected chi connectivity index (χ3v) is 5.31. The van der Waals surface area contributed by atoms with Crippen LogP contribution in [0.2, 0.25) is 0 Å². The number of piperazine rings is 1. The van der Waals surface area contributed by atoms with Crippen LogP contribution in [0, 0.1) is 6.92 Å². The van der Waals surface area contributed by atoms with Crippen molar-refractivity contribution in [2.24, 2.45) is 0 Å². The minimum atomic E-state index is 0.00928. The largest absolute Gasteiger partial charge is 0.329 e. The molecule has 0 radical (unpaired) electrons. The van der Waals surface area contributed by atoms with Gasteiger partial charge in [-0.3, -0.25) is 9.59 Å². The topological polar surface area (TPSA) is 43.9 Å². The van der Waals surface area contributed by atoms with E-state index in [2.05, 4.69) is 4.90 Å². The van der Waals surface area contributed by atoms with Crippen LogP contribution in [0.3, 0.4) is 0 Å². The molecule has 2 saturated heterocycles. The molecule has 1 aromatic rings. The van der Waals surface area contributed by atoms with Gasteiger partial charge in [0, 0.05) is 31.2 Å². The van der Waals surface area contributed by atoms with Gasteiger partial charge in [0.05, 0.1) is 0 Å². The van der Waals surface area contributed by atoms with Crippen molar-refractivity contribution in [3.63, 3.8) is 0 Å². The number of rotatable bonds is 4. The fraction of sp³-hybridized carbons (Fsp3) is 0.600. The molecule has 0 N–H and O–H groups in total. The molecule has 2 aliphatic rings. The molecule has 0 spiro atoms. The lowest BCUT2D eigenvalue weighted by Gasteiger charge is -2.40. The third kappa shape index (κ3) is 4.40. The van der Waals surface area contributed by atoms with Crippen LogP contribution < -0.4 is 4.90 Å². The molecule has 0 aliphatic carbocycles. The monoisotopic (exact) mass is 343 g/mol. The molecule has 2 fully saturated rings. The minimum absolute atomic E-state index is 0.00928. The molecule has 25 heavy (non-hydrogen) atoms. The van der Waals surface area contributed by atoms with E-state index in [0.29, 0.717) is 13.0 Å². The van der Waals surface area contributed by atoms with Gasteiger partial charge < -0.3 is 14.7 Å². The quantitative estimate of drug-likeness (QED) is 0.843. The molecule has 2 aliphatic heterocycles. The Hall–Kier alpha value is -1.88. The number of hydrogen-bond donors (Lipinski definition) is 0. The maximum atomic E-state index is 12.6. The summed E-state index contributed by atoms with van der Waals surface area (Å²) in [7, 11) is 0. The standard InChI is InChI=1S/C20H29N3O2/c1-16-7-6-8-18(13-16)23-14-17(2)22(15-20(23)25)19(24)9-12-21-10-4-3-5-11-21/h6-8,13,17H,3-5,9-12,14-15H2,1-2H3/t17-/m1/s1. The molecule has 136 valence electrons. The van der Waals surface area contributed by atoms with Crippen LogP contribution in [0.1, 0.15) is 38.2 Å². The Labute approximate surface area is 150 Å². The SMILES string of the molecule is Cc1cccc(N2C[C@@H](C)N(C(=O)CCN3CCCCC3)CC2=O)c1. The zero-order chi connectivity index (χ0) is 17.8.